The molecule has 0 saturated heterocycles. The molecule has 21 heavy (non-hydrogen) atoms. The van der Waals surface area contributed by atoms with Crippen molar-refractivity contribution in [2.75, 3.05) is 7.11 Å². The van der Waals surface area contributed by atoms with E-state index in [0.29, 0.717) is 11.8 Å². The van der Waals surface area contributed by atoms with Crippen LogP contribution in [0.1, 0.15) is 56.2 Å². The van der Waals surface area contributed by atoms with Crippen LogP contribution in [0.15, 0.2) is 48.5 Å². The number of ether oxygens (including phenoxy) is 1. The molecule has 0 aliphatic heterocycles. The standard InChI is InChI=1S/C10H14O.C10H14/c1-8(2)9-4-6-10(11-3)7-5-9;1-8(2)10-6-4-9(3)5-7-10/h4-8H,1-3H3;4-8H,1-3H3. The zero-order valence-corrected chi connectivity index (χ0v) is 14.2. The van der Waals surface area contributed by atoms with Crippen molar-refractivity contribution in [2.45, 2.75) is 46.5 Å². The van der Waals surface area contributed by atoms with Crippen molar-refractivity contribution in [1.82, 2.24) is 0 Å². The minimum absolute atomic E-state index is 0.598. The van der Waals surface area contributed by atoms with Crippen LogP contribution in [0.5, 0.6) is 5.75 Å². The van der Waals surface area contributed by atoms with E-state index in [0.717, 1.165) is 5.75 Å². The van der Waals surface area contributed by atoms with Crippen molar-refractivity contribution in [2.24, 2.45) is 0 Å². The molecule has 2 aromatic rings. The molecule has 0 fully saturated rings. The minimum atomic E-state index is 0.598. The lowest BCUT2D eigenvalue weighted by molar-refractivity contribution is 0.414. The second-order valence-corrected chi connectivity index (χ2v) is 5.99. The summed E-state index contributed by atoms with van der Waals surface area (Å²) in [4.78, 5) is 0. The van der Waals surface area contributed by atoms with Crippen LogP contribution in [0, 0.1) is 6.92 Å². The highest BCUT2D eigenvalue weighted by Crippen LogP contribution is 2.17. The average molecular weight is 284 g/mol. The first kappa shape index (κ1) is 17.3. The van der Waals surface area contributed by atoms with Crippen molar-refractivity contribution in [1.29, 1.82) is 0 Å². The van der Waals surface area contributed by atoms with E-state index in [2.05, 4.69) is 71.0 Å². The Kier molecular flexibility index (Phi) is 7.01. The molecular formula is C20H28O. The Labute approximate surface area is 130 Å². The van der Waals surface area contributed by atoms with E-state index >= 15 is 0 Å². The Morgan fingerprint density at radius 1 is 0.667 bits per heavy atom. The molecule has 2 rings (SSSR count). The predicted octanol–water partition coefficient (Wildman–Crippen LogP) is 5.94. The summed E-state index contributed by atoms with van der Waals surface area (Å²) in [6.45, 7) is 10.9. The van der Waals surface area contributed by atoms with Gasteiger partial charge in [-0.15, -0.1) is 0 Å². The van der Waals surface area contributed by atoms with Crippen LogP contribution in [0.4, 0.5) is 0 Å². The van der Waals surface area contributed by atoms with Gasteiger partial charge in [0.1, 0.15) is 5.75 Å². The molecule has 0 radical (unpaired) electrons. The van der Waals surface area contributed by atoms with E-state index in [1.165, 1.54) is 16.7 Å². The fourth-order valence-electron chi connectivity index (χ4n) is 1.94. The first-order valence-electron chi connectivity index (χ1n) is 7.64. The lowest BCUT2D eigenvalue weighted by atomic mass is 10.0. The monoisotopic (exact) mass is 284 g/mol. The first-order chi connectivity index (χ1) is 9.93. The van der Waals surface area contributed by atoms with Crippen LogP contribution in [0.2, 0.25) is 0 Å². The normalized spacial score (nSPS) is 10.3. The summed E-state index contributed by atoms with van der Waals surface area (Å²) in [6, 6.07) is 16.9. The molecule has 0 spiro atoms. The van der Waals surface area contributed by atoms with Crippen molar-refractivity contribution >= 4 is 0 Å². The largest absolute Gasteiger partial charge is 0.497 e. The highest BCUT2D eigenvalue weighted by atomic mass is 16.5. The highest BCUT2D eigenvalue weighted by Gasteiger charge is 1.97. The summed E-state index contributed by atoms with van der Waals surface area (Å²) < 4.78 is 5.05. The van der Waals surface area contributed by atoms with Gasteiger partial charge in [0.15, 0.2) is 0 Å². The van der Waals surface area contributed by atoms with Crippen LogP contribution in [0.25, 0.3) is 0 Å². The molecule has 0 atom stereocenters. The Bertz CT molecular complexity index is 507. The minimum Gasteiger partial charge on any atom is -0.497 e. The summed E-state index contributed by atoms with van der Waals surface area (Å²) >= 11 is 0. The smallest absolute Gasteiger partial charge is 0.118 e. The quantitative estimate of drug-likeness (QED) is 0.678. The third kappa shape index (κ3) is 6.03. The van der Waals surface area contributed by atoms with Gasteiger partial charge >= 0.3 is 0 Å². The van der Waals surface area contributed by atoms with Gasteiger partial charge in [0, 0.05) is 0 Å². The maximum Gasteiger partial charge on any atom is 0.118 e. The number of rotatable bonds is 3. The second kappa shape index (κ2) is 8.51. The van der Waals surface area contributed by atoms with Gasteiger partial charge in [0.2, 0.25) is 0 Å². The third-order valence-electron chi connectivity index (χ3n) is 3.53. The van der Waals surface area contributed by atoms with Gasteiger partial charge < -0.3 is 4.74 Å². The van der Waals surface area contributed by atoms with Crippen molar-refractivity contribution in [3.8, 4) is 5.75 Å². The molecule has 1 nitrogen and oxygen atoms in total. The van der Waals surface area contributed by atoms with Gasteiger partial charge in [-0.25, -0.2) is 0 Å². The van der Waals surface area contributed by atoms with Gasteiger partial charge in [-0.05, 0) is 42.0 Å². The Morgan fingerprint density at radius 2 is 1.05 bits per heavy atom. The molecule has 0 N–H and O–H groups in total. The topological polar surface area (TPSA) is 9.23 Å². The predicted molar refractivity (Wildman–Crippen MR) is 92.4 cm³/mol. The molecule has 114 valence electrons. The van der Waals surface area contributed by atoms with Gasteiger partial charge in [0.25, 0.3) is 0 Å². The highest BCUT2D eigenvalue weighted by molar-refractivity contribution is 5.28. The molecular weight excluding hydrogens is 256 g/mol. The fraction of sp³-hybridized carbons (Fsp3) is 0.400. The van der Waals surface area contributed by atoms with Gasteiger partial charge in [-0.1, -0.05) is 69.7 Å². The molecule has 0 aromatic heterocycles. The van der Waals surface area contributed by atoms with Crippen LogP contribution in [0.3, 0.4) is 0 Å². The third-order valence-corrected chi connectivity index (χ3v) is 3.53. The van der Waals surface area contributed by atoms with E-state index in [4.69, 9.17) is 4.74 Å². The molecule has 0 amide bonds. The Balaban J connectivity index is 0.000000211. The van der Waals surface area contributed by atoms with Crippen molar-refractivity contribution < 1.29 is 4.74 Å². The van der Waals surface area contributed by atoms with E-state index in [-0.39, 0.29) is 0 Å². The number of hydrogen-bond donors (Lipinski definition) is 0. The number of methoxy groups -OCH3 is 1. The maximum absolute atomic E-state index is 5.05. The van der Waals surface area contributed by atoms with Gasteiger partial charge in [0.05, 0.1) is 7.11 Å². The van der Waals surface area contributed by atoms with Gasteiger partial charge in [-0.2, -0.15) is 0 Å². The molecule has 0 unspecified atom stereocenters. The molecule has 0 bridgehead atoms. The number of benzene rings is 2. The first-order valence-corrected chi connectivity index (χ1v) is 7.64. The SMILES string of the molecule is COc1ccc(C(C)C)cc1.Cc1ccc(C(C)C)cc1. The van der Waals surface area contributed by atoms with Crippen LogP contribution in [-0.4, -0.2) is 7.11 Å². The number of hydrogen-bond acceptors (Lipinski definition) is 1. The zero-order valence-electron chi connectivity index (χ0n) is 14.2. The lowest BCUT2D eigenvalue weighted by Crippen LogP contribution is -1.87. The van der Waals surface area contributed by atoms with Crippen molar-refractivity contribution in [3.05, 3.63) is 65.2 Å². The molecule has 0 saturated carbocycles. The van der Waals surface area contributed by atoms with E-state index < -0.39 is 0 Å². The Hall–Kier alpha value is -1.76. The Morgan fingerprint density at radius 3 is 1.38 bits per heavy atom. The zero-order chi connectivity index (χ0) is 15.8. The summed E-state index contributed by atoms with van der Waals surface area (Å²) in [5.74, 6) is 2.18. The van der Waals surface area contributed by atoms with Gasteiger partial charge in [-0.3, -0.25) is 0 Å². The molecule has 0 aliphatic rings. The van der Waals surface area contributed by atoms with Crippen LogP contribution < -0.4 is 4.74 Å². The molecule has 0 heterocycles. The van der Waals surface area contributed by atoms with E-state index in [1.54, 1.807) is 7.11 Å². The lowest BCUT2D eigenvalue weighted by Gasteiger charge is -2.05. The van der Waals surface area contributed by atoms with Crippen LogP contribution >= 0.6 is 0 Å². The summed E-state index contributed by atoms with van der Waals surface area (Å²) in [7, 11) is 1.68. The fourth-order valence-corrected chi connectivity index (χ4v) is 1.94. The van der Waals surface area contributed by atoms with E-state index in [9.17, 15) is 0 Å². The molecule has 0 aliphatic carbocycles. The van der Waals surface area contributed by atoms with E-state index in [1.807, 2.05) is 12.1 Å². The average Bonchev–Trinajstić information content (AvgIpc) is 2.48. The molecule has 1 heteroatoms. The van der Waals surface area contributed by atoms with Crippen LogP contribution in [-0.2, 0) is 0 Å². The number of aryl methyl sites for hydroxylation is 1. The summed E-state index contributed by atoms with van der Waals surface area (Å²) in [5, 5.41) is 0. The molecule has 2 aromatic carbocycles. The second-order valence-electron chi connectivity index (χ2n) is 5.99. The van der Waals surface area contributed by atoms with Crippen molar-refractivity contribution in [3.63, 3.8) is 0 Å². The summed E-state index contributed by atoms with van der Waals surface area (Å²) in [5.41, 5.74) is 4.11. The summed E-state index contributed by atoms with van der Waals surface area (Å²) in [6.07, 6.45) is 0. The maximum atomic E-state index is 5.05.